The molecule has 2 aromatic heterocycles. The quantitative estimate of drug-likeness (QED) is 0.398. The minimum atomic E-state index is -2.99. The molecule has 2 aromatic carbocycles. The summed E-state index contributed by atoms with van der Waals surface area (Å²) in [5.74, 6) is 0.153. The van der Waals surface area contributed by atoms with Gasteiger partial charge in [-0.25, -0.2) is 10.1 Å². The number of fused-ring (bicyclic) bond motifs is 3. The van der Waals surface area contributed by atoms with Gasteiger partial charge < -0.3 is 4.74 Å². The molecule has 0 fully saturated rings. The number of Topliss-reactive ketones (excluding diaryl/α,β-unsaturated/α-hetero) is 1. The van der Waals surface area contributed by atoms with Gasteiger partial charge in [0.2, 0.25) is 5.78 Å². The molecule has 0 amide bonds. The zero-order chi connectivity index (χ0) is 19.0. The molecule has 9 heteroatoms. The largest absolute Gasteiger partial charge is 0.434 e. The number of ether oxygens (including phenoxy) is 1. The van der Waals surface area contributed by atoms with Crippen molar-refractivity contribution < 1.29 is 18.3 Å². The number of thioether (sulfide) groups is 1. The number of nitrogens with one attached hydrogen (secondary N) is 1. The molecule has 0 unspecified atom stereocenters. The van der Waals surface area contributed by atoms with Crippen molar-refractivity contribution in [2.45, 2.75) is 18.7 Å². The Morgan fingerprint density at radius 3 is 2.93 bits per heavy atom. The topological polar surface area (TPSA) is 72.3 Å². The van der Waals surface area contributed by atoms with Crippen LogP contribution in [0.15, 0.2) is 47.6 Å². The number of nitrogens with zero attached hydrogens (tertiary/aromatic N) is 3. The molecule has 0 aliphatic rings. The fourth-order valence-electron chi connectivity index (χ4n) is 2.81. The number of benzene rings is 2. The van der Waals surface area contributed by atoms with E-state index >= 15 is 0 Å². The number of imidazole rings is 1. The second-order valence-corrected chi connectivity index (χ2v) is 6.80. The molecule has 2 heterocycles. The second kappa shape index (κ2) is 6.99. The van der Waals surface area contributed by atoms with E-state index in [4.69, 9.17) is 0 Å². The van der Waals surface area contributed by atoms with Crippen molar-refractivity contribution in [2.75, 3.05) is 5.75 Å². The fourth-order valence-corrected chi connectivity index (χ4v) is 3.65. The number of aryl methyl sites for hydroxylation is 1. The van der Waals surface area contributed by atoms with E-state index in [0.29, 0.717) is 10.9 Å². The first kappa shape index (κ1) is 17.5. The molecule has 0 saturated carbocycles. The Kier molecular flexibility index (Phi) is 4.53. The SMILES string of the molecule is Cc1ccc(OC(F)F)c(C(=O)CSc2n[nH]c3nc4ccccc4n23)c1. The highest BCUT2D eigenvalue weighted by Crippen LogP contribution is 2.27. The molecule has 27 heavy (non-hydrogen) atoms. The lowest BCUT2D eigenvalue weighted by Gasteiger charge is -2.10. The molecule has 0 atom stereocenters. The summed E-state index contributed by atoms with van der Waals surface area (Å²) in [6.07, 6.45) is 0. The molecule has 1 N–H and O–H groups in total. The van der Waals surface area contributed by atoms with E-state index in [2.05, 4.69) is 19.9 Å². The van der Waals surface area contributed by atoms with Gasteiger partial charge in [-0.05, 0) is 31.2 Å². The number of H-pyrrole nitrogens is 1. The number of carbonyl (C=O) groups excluding carboxylic acids is 1. The number of rotatable bonds is 6. The average Bonchev–Trinajstić information content (AvgIpc) is 3.20. The van der Waals surface area contributed by atoms with Crippen LogP contribution in [0, 0.1) is 6.92 Å². The van der Waals surface area contributed by atoms with Gasteiger partial charge in [-0.2, -0.15) is 8.78 Å². The van der Waals surface area contributed by atoms with Crippen molar-refractivity contribution in [3.05, 3.63) is 53.6 Å². The van der Waals surface area contributed by atoms with Crippen LogP contribution in [0.3, 0.4) is 0 Å². The van der Waals surface area contributed by atoms with Crippen LogP contribution >= 0.6 is 11.8 Å². The number of hydrogen-bond acceptors (Lipinski definition) is 5. The van der Waals surface area contributed by atoms with Crippen LogP contribution in [0.4, 0.5) is 8.78 Å². The first-order valence-corrected chi connectivity index (χ1v) is 9.04. The fraction of sp³-hybridized carbons (Fsp3) is 0.167. The van der Waals surface area contributed by atoms with Crippen molar-refractivity contribution >= 4 is 34.4 Å². The Hall–Kier alpha value is -2.94. The minimum Gasteiger partial charge on any atom is -0.434 e. The monoisotopic (exact) mass is 388 g/mol. The molecule has 0 saturated heterocycles. The molecule has 0 spiro atoms. The Labute approximate surface area is 156 Å². The molecular weight excluding hydrogens is 374 g/mol. The summed E-state index contributed by atoms with van der Waals surface area (Å²) in [7, 11) is 0. The van der Waals surface area contributed by atoms with E-state index in [-0.39, 0.29) is 22.8 Å². The van der Waals surface area contributed by atoms with Crippen molar-refractivity contribution in [3.8, 4) is 5.75 Å². The van der Waals surface area contributed by atoms with Gasteiger partial charge in [-0.15, -0.1) is 5.10 Å². The summed E-state index contributed by atoms with van der Waals surface area (Å²) >= 11 is 1.20. The molecule has 4 rings (SSSR count). The molecule has 0 bridgehead atoms. The first-order valence-electron chi connectivity index (χ1n) is 8.06. The summed E-state index contributed by atoms with van der Waals surface area (Å²) in [4.78, 5) is 17.0. The molecule has 138 valence electrons. The predicted molar refractivity (Wildman–Crippen MR) is 97.7 cm³/mol. The number of alkyl halides is 2. The number of aromatic amines is 1. The number of carbonyl (C=O) groups is 1. The highest BCUT2D eigenvalue weighted by atomic mass is 32.2. The van der Waals surface area contributed by atoms with Crippen LogP contribution in [0.5, 0.6) is 5.75 Å². The smallest absolute Gasteiger partial charge is 0.387 e. The highest BCUT2D eigenvalue weighted by Gasteiger charge is 2.18. The number of para-hydroxylation sites is 2. The molecule has 4 aromatic rings. The number of halogens is 2. The summed E-state index contributed by atoms with van der Waals surface area (Å²) in [6, 6.07) is 12.1. The van der Waals surface area contributed by atoms with Gasteiger partial charge in [0.1, 0.15) is 5.75 Å². The predicted octanol–water partition coefficient (Wildman–Crippen LogP) is 4.10. The van der Waals surface area contributed by atoms with Gasteiger partial charge in [0, 0.05) is 0 Å². The molecule has 6 nitrogen and oxygen atoms in total. The first-order chi connectivity index (χ1) is 13.0. The molecule has 0 aliphatic heterocycles. The van der Waals surface area contributed by atoms with Crippen LogP contribution in [0.25, 0.3) is 16.8 Å². The van der Waals surface area contributed by atoms with Crippen molar-refractivity contribution in [3.63, 3.8) is 0 Å². The molecule has 0 aliphatic carbocycles. The van der Waals surface area contributed by atoms with E-state index in [0.717, 1.165) is 16.6 Å². The summed E-state index contributed by atoms with van der Waals surface area (Å²) in [5.41, 5.74) is 2.59. The van der Waals surface area contributed by atoms with Crippen LogP contribution < -0.4 is 4.74 Å². The average molecular weight is 388 g/mol. The normalized spacial score (nSPS) is 11.6. The number of hydrogen-bond donors (Lipinski definition) is 1. The number of aromatic nitrogens is 4. The van der Waals surface area contributed by atoms with E-state index in [1.807, 2.05) is 28.7 Å². The standard InChI is InChI=1S/C18H14F2N4O2S/c1-10-6-7-15(26-16(19)20)11(8-10)14(25)9-27-18-23-22-17-21-12-4-2-3-5-13(12)24(17)18/h2-8,16H,9H2,1H3,(H,21,22). The Morgan fingerprint density at radius 1 is 1.30 bits per heavy atom. The lowest BCUT2D eigenvalue weighted by molar-refractivity contribution is -0.0501. The Balaban J connectivity index is 1.60. The zero-order valence-electron chi connectivity index (χ0n) is 14.1. The van der Waals surface area contributed by atoms with E-state index in [9.17, 15) is 13.6 Å². The lowest BCUT2D eigenvalue weighted by atomic mass is 10.1. The van der Waals surface area contributed by atoms with E-state index in [1.165, 1.54) is 17.8 Å². The van der Waals surface area contributed by atoms with Gasteiger partial charge in [0.05, 0.1) is 22.3 Å². The summed E-state index contributed by atoms with van der Waals surface area (Å²) in [5, 5.41) is 7.59. The third-order valence-corrected chi connectivity index (χ3v) is 4.93. The number of ketones is 1. The van der Waals surface area contributed by atoms with Crippen molar-refractivity contribution in [2.24, 2.45) is 0 Å². The molecule has 0 radical (unpaired) electrons. The summed E-state index contributed by atoms with van der Waals surface area (Å²) < 4.78 is 31.5. The molecular formula is C18H14F2N4O2S. The third-order valence-electron chi connectivity index (χ3n) is 3.99. The van der Waals surface area contributed by atoms with Crippen LogP contribution in [0.1, 0.15) is 15.9 Å². The van der Waals surface area contributed by atoms with Crippen LogP contribution in [-0.4, -0.2) is 37.7 Å². The maximum atomic E-state index is 12.6. The van der Waals surface area contributed by atoms with Crippen molar-refractivity contribution in [1.29, 1.82) is 0 Å². The van der Waals surface area contributed by atoms with Gasteiger partial charge in [0.25, 0.3) is 0 Å². The maximum Gasteiger partial charge on any atom is 0.387 e. The van der Waals surface area contributed by atoms with Crippen molar-refractivity contribution in [1.82, 2.24) is 19.6 Å². The zero-order valence-corrected chi connectivity index (χ0v) is 15.0. The van der Waals surface area contributed by atoms with Gasteiger partial charge in [-0.3, -0.25) is 9.20 Å². The van der Waals surface area contributed by atoms with Crippen LogP contribution in [0.2, 0.25) is 0 Å². The van der Waals surface area contributed by atoms with E-state index < -0.39 is 6.61 Å². The maximum absolute atomic E-state index is 12.6. The van der Waals surface area contributed by atoms with Gasteiger partial charge >= 0.3 is 6.61 Å². The van der Waals surface area contributed by atoms with Gasteiger partial charge in [0.15, 0.2) is 10.9 Å². The summed E-state index contributed by atoms with van der Waals surface area (Å²) in [6.45, 7) is -1.21. The van der Waals surface area contributed by atoms with Crippen LogP contribution in [-0.2, 0) is 0 Å². The Morgan fingerprint density at radius 2 is 2.11 bits per heavy atom. The van der Waals surface area contributed by atoms with Gasteiger partial charge in [-0.1, -0.05) is 35.5 Å². The highest BCUT2D eigenvalue weighted by molar-refractivity contribution is 7.99. The third kappa shape index (κ3) is 3.37. The second-order valence-electron chi connectivity index (χ2n) is 5.86. The minimum absolute atomic E-state index is 0.0233. The lowest BCUT2D eigenvalue weighted by Crippen LogP contribution is -2.10. The Bertz CT molecular complexity index is 1140. The van der Waals surface area contributed by atoms with E-state index in [1.54, 1.807) is 19.1 Å².